The molecule has 2 heterocycles. The quantitative estimate of drug-likeness (QED) is 0.403. The molecule has 0 saturated carbocycles. The molecule has 2 N–H and O–H groups in total. The molecule has 30 heavy (non-hydrogen) atoms. The van der Waals surface area contributed by atoms with Gasteiger partial charge in [0.15, 0.2) is 23.3 Å². The molecule has 11 heteroatoms. The molecule has 0 amide bonds. The van der Waals surface area contributed by atoms with Crippen molar-refractivity contribution in [2.24, 2.45) is 10.9 Å². The number of alkyl halides is 3. The maximum atomic E-state index is 13.4. The summed E-state index contributed by atoms with van der Waals surface area (Å²) in [6, 6.07) is 3.90. The average Bonchev–Trinajstić information content (AvgIpc) is 3.36. The van der Waals surface area contributed by atoms with Gasteiger partial charge in [-0.1, -0.05) is 0 Å². The molecule has 1 atom stereocenters. The highest BCUT2D eigenvalue weighted by Crippen LogP contribution is 2.30. The van der Waals surface area contributed by atoms with Crippen LogP contribution >= 0.6 is 11.3 Å². The molecule has 0 aliphatic carbocycles. The van der Waals surface area contributed by atoms with Gasteiger partial charge in [-0.25, -0.2) is 13.8 Å². The lowest BCUT2D eigenvalue weighted by atomic mass is 10.1. The summed E-state index contributed by atoms with van der Waals surface area (Å²) in [4.78, 5) is 9.72. The van der Waals surface area contributed by atoms with Crippen molar-refractivity contribution in [1.82, 2.24) is 15.6 Å². The van der Waals surface area contributed by atoms with E-state index in [0.717, 1.165) is 35.7 Å². The summed E-state index contributed by atoms with van der Waals surface area (Å²) in [6.07, 6.45) is -3.17. The third-order valence-electron chi connectivity index (χ3n) is 4.81. The lowest BCUT2D eigenvalue weighted by molar-refractivity contribution is -0.140. The molecule has 1 aromatic heterocycles. The Bertz CT molecular complexity index is 882. The van der Waals surface area contributed by atoms with E-state index in [1.807, 2.05) is 4.90 Å². The molecule has 0 spiro atoms. The highest BCUT2D eigenvalue weighted by molar-refractivity contribution is 7.09. The molecule has 1 aromatic carbocycles. The second-order valence-corrected chi connectivity index (χ2v) is 7.90. The number of hydrogen-bond donors (Lipinski definition) is 2. The van der Waals surface area contributed by atoms with Gasteiger partial charge in [0.1, 0.15) is 0 Å². The molecule has 1 aliphatic rings. The number of thiazole rings is 1. The van der Waals surface area contributed by atoms with Gasteiger partial charge in [-0.05, 0) is 24.5 Å². The minimum Gasteiger partial charge on any atom is -0.371 e. The van der Waals surface area contributed by atoms with Crippen molar-refractivity contribution in [3.63, 3.8) is 0 Å². The maximum Gasteiger partial charge on any atom is 0.434 e. The number of hydrogen-bond acceptors (Lipinski definition) is 4. The highest BCUT2D eigenvalue weighted by Gasteiger charge is 2.33. The van der Waals surface area contributed by atoms with E-state index in [1.54, 1.807) is 13.1 Å². The van der Waals surface area contributed by atoms with Crippen LogP contribution in [-0.2, 0) is 12.6 Å². The van der Waals surface area contributed by atoms with Crippen LogP contribution in [0.25, 0.3) is 0 Å². The first-order chi connectivity index (χ1) is 14.3. The van der Waals surface area contributed by atoms with Gasteiger partial charge in [-0.2, -0.15) is 13.2 Å². The molecular formula is C19H22F5N5S. The first kappa shape index (κ1) is 22.3. The number of halogens is 5. The van der Waals surface area contributed by atoms with Gasteiger partial charge in [0.25, 0.3) is 0 Å². The SMILES string of the molecule is CN=C(NCCc1nc(C(F)(F)F)cs1)NCC1CCN(c2ccc(F)c(F)c2)C1. The highest BCUT2D eigenvalue weighted by atomic mass is 32.1. The first-order valence-corrected chi connectivity index (χ1v) is 10.3. The summed E-state index contributed by atoms with van der Waals surface area (Å²) in [5.41, 5.74) is -0.211. The lowest BCUT2D eigenvalue weighted by Gasteiger charge is -2.19. The number of guanidine groups is 1. The molecule has 0 radical (unpaired) electrons. The predicted octanol–water partition coefficient (Wildman–Crippen LogP) is 3.67. The van der Waals surface area contributed by atoms with Crippen molar-refractivity contribution in [3.05, 3.63) is 45.9 Å². The van der Waals surface area contributed by atoms with E-state index in [1.165, 1.54) is 6.07 Å². The van der Waals surface area contributed by atoms with Crippen molar-refractivity contribution in [2.75, 3.05) is 38.1 Å². The van der Waals surface area contributed by atoms with Crippen LogP contribution in [0.15, 0.2) is 28.6 Å². The number of benzene rings is 1. The van der Waals surface area contributed by atoms with E-state index in [0.29, 0.717) is 48.6 Å². The Kier molecular flexibility index (Phi) is 7.11. The van der Waals surface area contributed by atoms with Crippen LogP contribution in [0.2, 0.25) is 0 Å². The fraction of sp³-hybridized carbons (Fsp3) is 0.474. The van der Waals surface area contributed by atoms with Crippen LogP contribution in [0, 0.1) is 17.6 Å². The second kappa shape index (κ2) is 9.59. The van der Waals surface area contributed by atoms with Crippen LogP contribution < -0.4 is 15.5 Å². The Morgan fingerprint density at radius 2 is 2.07 bits per heavy atom. The van der Waals surface area contributed by atoms with Crippen LogP contribution in [0.3, 0.4) is 0 Å². The van der Waals surface area contributed by atoms with Crippen LogP contribution in [0.1, 0.15) is 17.1 Å². The fourth-order valence-corrected chi connectivity index (χ4v) is 4.03. The third kappa shape index (κ3) is 5.80. The number of aromatic nitrogens is 1. The van der Waals surface area contributed by atoms with Gasteiger partial charge >= 0.3 is 6.18 Å². The molecule has 1 unspecified atom stereocenters. The standard InChI is InChI=1S/C19H22F5N5S/c1-25-18(26-6-4-17-28-16(11-30-17)19(22,23)24)27-9-12-5-7-29(10-12)13-2-3-14(20)15(21)8-13/h2-3,8,11-12H,4-7,9-10H2,1H3,(H2,25,26,27). The van der Waals surface area contributed by atoms with Crippen molar-refractivity contribution >= 4 is 23.0 Å². The predicted molar refractivity (Wildman–Crippen MR) is 107 cm³/mol. The van der Waals surface area contributed by atoms with Crippen molar-refractivity contribution < 1.29 is 22.0 Å². The maximum absolute atomic E-state index is 13.4. The zero-order valence-corrected chi connectivity index (χ0v) is 17.1. The van der Waals surface area contributed by atoms with Gasteiger partial charge in [-0.15, -0.1) is 11.3 Å². The molecule has 164 valence electrons. The molecule has 1 fully saturated rings. The van der Waals surface area contributed by atoms with Gasteiger partial charge in [0, 0.05) is 56.8 Å². The minimum absolute atomic E-state index is 0.296. The van der Waals surface area contributed by atoms with Gasteiger partial charge in [0.05, 0.1) is 5.01 Å². The van der Waals surface area contributed by atoms with Crippen LogP contribution in [-0.4, -0.2) is 44.2 Å². The molecule has 3 rings (SSSR count). The third-order valence-corrected chi connectivity index (χ3v) is 5.72. The zero-order valence-electron chi connectivity index (χ0n) is 16.3. The monoisotopic (exact) mass is 447 g/mol. The van der Waals surface area contributed by atoms with Crippen molar-refractivity contribution in [3.8, 4) is 0 Å². The van der Waals surface area contributed by atoms with Gasteiger partial charge in [-0.3, -0.25) is 4.99 Å². The number of rotatable bonds is 6. The van der Waals surface area contributed by atoms with E-state index in [-0.39, 0.29) is 0 Å². The molecular weight excluding hydrogens is 425 g/mol. The number of anilines is 1. The summed E-state index contributed by atoms with van der Waals surface area (Å²) >= 11 is 0.982. The number of aliphatic imine (C=N–C) groups is 1. The van der Waals surface area contributed by atoms with Gasteiger partial charge < -0.3 is 15.5 Å². The molecule has 2 aromatic rings. The Morgan fingerprint density at radius 1 is 1.27 bits per heavy atom. The minimum atomic E-state index is -4.42. The fourth-order valence-electron chi connectivity index (χ4n) is 3.22. The van der Waals surface area contributed by atoms with Crippen LogP contribution in [0.4, 0.5) is 27.6 Å². The smallest absolute Gasteiger partial charge is 0.371 e. The largest absolute Gasteiger partial charge is 0.434 e. The number of nitrogens with one attached hydrogen (secondary N) is 2. The Hall–Kier alpha value is -2.43. The molecule has 5 nitrogen and oxygen atoms in total. The van der Waals surface area contributed by atoms with Crippen molar-refractivity contribution in [1.29, 1.82) is 0 Å². The first-order valence-electron chi connectivity index (χ1n) is 9.42. The Balaban J connectivity index is 1.41. The summed E-state index contributed by atoms with van der Waals surface area (Å²) in [5.74, 6) is -0.876. The average molecular weight is 447 g/mol. The lowest BCUT2D eigenvalue weighted by Crippen LogP contribution is -2.41. The Morgan fingerprint density at radius 3 is 2.73 bits per heavy atom. The van der Waals surface area contributed by atoms with Crippen molar-refractivity contribution in [2.45, 2.75) is 19.0 Å². The zero-order chi connectivity index (χ0) is 21.7. The summed E-state index contributed by atoms with van der Waals surface area (Å²) in [6.45, 7) is 2.48. The van der Waals surface area contributed by atoms with E-state index >= 15 is 0 Å². The van der Waals surface area contributed by atoms with E-state index in [2.05, 4.69) is 20.6 Å². The summed E-state index contributed by atoms with van der Waals surface area (Å²) in [7, 11) is 1.61. The topological polar surface area (TPSA) is 52.6 Å². The van der Waals surface area contributed by atoms with Crippen LogP contribution in [0.5, 0.6) is 0 Å². The van der Waals surface area contributed by atoms with E-state index in [4.69, 9.17) is 0 Å². The van der Waals surface area contributed by atoms with E-state index in [9.17, 15) is 22.0 Å². The molecule has 0 bridgehead atoms. The molecule has 1 aliphatic heterocycles. The molecule has 1 saturated heterocycles. The van der Waals surface area contributed by atoms with Gasteiger partial charge in [0.2, 0.25) is 0 Å². The normalized spacial score (nSPS) is 17.5. The Labute approximate surface area is 175 Å². The summed E-state index contributed by atoms with van der Waals surface area (Å²) < 4.78 is 64.3. The number of nitrogens with zero attached hydrogens (tertiary/aromatic N) is 3. The van der Waals surface area contributed by atoms with E-state index < -0.39 is 23.5 Å². The summed E-state index contributed by atoms with van der Waals surface area (Å²) in [5, 5.41) is 7.69. The second-order valence-electron chi connectivity index (χ2n) is 6.95.